The normalized spacial score (nSPS) is 14.7. The standard InChI is InChI=1S/C12H24BO3/c1-7-13(8-2)16-11(9(3)4)10(5)12(14)15-6/h9,11H,7-8H2,1-6H3/t11-/m1/s1. The molecule has 0 amide bonds. The molecular formula is C12H24BO3. The molecule has 0 bridgehead atoms. The molecule has 0 aromatic rings. The molecule has 0 aliphatic carbocycles. The van der Waals surface area contributed by atoms with E-state index in [4.69, 9.17) is 9.39 Å². The van der Waals surface area contributed by atoms with E-state index < -0.39 is 0 Å². The van der Waals surface area contributed by atoms with E-state index in [0.29, 0.717) is 5.57 Å². The molecule has 4 heteroatoms. The maximum absolute atomic E-state index is 11.5. The van der Waals surface area contributed by atoms with Crippen LogP contribution in [-0.2, 0) is 14.5 Å². The summed E-state index contributed by atoms with van der Waals surface area (Å²) >= 11 is 0. The average Bonchev–Trinajstić information content (AvgIpc) is 2.28. The molecule has 93 valence electrons. The summed E-state index contributed by atoms with van der Waals surface area (Å²) in [5.41, 5.74) is 0.657. The predicted octanol–water partition coefficient (Wildman–Crippen LogP) is 3.37. The van der Waals surface area contributed by atoms with Crippen molar-refractivity contribution in [2.75, 3.05) is 7.11 Å². The summed E-state index contributed by atoms with van der Waals surface area (Å²) in [6, 6.07) is 0. The minimum absolute atomic E-state index is 0.141. The maximum atomic E-state index is 11.5. The van der Waals surface area contributed by atoms with Crippen LogP contribution in [0.3, 0.4) is 0 Å². The summed E-state index contributed by atoms with van der Waals surface area (Å²) in [6.45, 7) is 10.3. The van der Waals surface area contributed by atoms with Crippen molar-refractivity contribution in [1.29, 1.82) is 0 Å². The Morgan fingerprint density at radius 3 is 2.06 bits per heavy atom. The Kier molecular flexibility index (Phi) is 7.31. The molecule has 1 radical (unpaired) electrons. The molecule has 0 aromatic heterocycles. The Bertz CT molecular complexity index is 222. The molecule has 0 spiro atoms. The zero-order valence-electron chi connectivity index (χ0n) is 11.4. The second-order valence-electron chi connectivity index (χ2n) is 4.41. The molecule has 0 aliphatic heterocycles. The highest BCUT2D eigenvalue weighted by Crippen LogP contribution is 2.21. The van der Waals surface area contributed by atoms with E-state index in [1.807, 2.05) is 0 Å². The first-order chi connectivity index (χ1) is 7.47. The summed E-state index contributed by atoms with van der Waals surface area (Å²) in [5.74, 6) is 0.00403. The van der Waals surface area contributed by atoms with Crippen LogP contribution in [0, 0.1) is 5.92 Å². The average molecular weight is 227 g/mol. The Morgan fingerprint density at radius 2 is 1.75 bits per heavy atom. The van der Waals surface area contributed by atoms with Crippen LogP contribution in [0.5, 0.6) is 0 Å². The zero-order chi connectivity index (χ0) is 12.7. The molecule has 0 saturated carbocycles. The van der Waals surface area contributed by atoms with Gasteiger partial charge in [-0.05, 0) is 12.8 Å². The largest absolute Gasteiger partial charge is 0.466 e. The highest BCUT2D eigenvalue weighted by atomic mass is 16.6. The lowest BCUT2D eigenvalue weighted by molar-refractivity contribution is 0.0677. The van der Waals surface area contributed by atoms with Gasteiger partial charge < -0.3 is 9.39 Å². The van der Waals surface area contributed by atoms with Gasteiger partial charge in [-0.25, -0.2) is 5.11 Å². The van der Waals surface area contributed by atoms with Gasteiger partial charge in [-0.2, -0.15) is 0 Å². The molecular weight excluding hydrogens is 203 g/mol. The first-order valence-electron chi connectivity index (χ1n) is 6.05. The van der Waals surface area contributed by atoms with Crippen molar-refractivity contribution in [3.8, 4) is 0 Å². The maximum Gasteiger partial charge on any atom is 0.331 e. The fourth-order valence-electron chi connectivity index (χ4n) is 1.72. The molecule has 0 saturated heterocycles. The van der Waals surface area contributed by atoms with Gasteiger partial charge in [0.1, 0.15) is 0 Å². The molecule has 0 heterocycles. The van der Waals surface area contributed by atoms with Gasteiger partial charge in [0.05, 0.1) is 13.2 Å². The number of rotatable bonds is 7. The number of hydrogen-bond donors (Lipinski definition) is 0. The third kappa shape index (κ3) is 4.48. The lowest BCUT2D eigenvalue weighted by Gasteiger charge is -2.25. The molecule has 0 rings (SSSR count). The van der Waals surface area contributed by atoms with E-state index in [1.165, 1.54) is 7.11 Å². The van der Waals surface area contributed by atoms with E-state index in [2.05, 4.69) is 27.7 Å². The Balaban J connectivity index is 4.75. The van der Waals surface area contributed by atoms with Crippen molar-refractivity contribution < 1.29 is 14.5 Å². The quantitative estimate of drug-likeness (QED) is 0.494. The van der Waals surface area contributed by atoms with Crippen molar-refractivity contribution in [2.24, 2.45) is 5.92 Å². The number of methoxy groups -OCH3 is 1. The fourth-order valence-corrected chi connectivity index (χ4v) is 1.72. The van der Waals surface area contributed by atoms with Crippen LogP contribution in [-0.4, -0.2) is 20.1 Å². The highest BCUT2D eigenvalue weighted by molar-refractivity contribution is 6.51. The molecule has 0 N–H and O–H groups in total. The van der Waals surface area contributed by atoms with Gasteiger partial charge in [0.25, 0.3) is 6.92 Å². The van der Waals surface area contributed by atoms with Gasteiger partial charge in [-0.3, -0.25) is 0 Å². The summed E-state index contributed by atoms with van der Waals surface area (Å²) in [5, 5.41) is 11.5. The van der Waals surface area contributed by atoms with Crippen LogP contribution in [0.1, 0.15) is 34.6 Å². The topological polar surface area (TPSA) is 38.4 Å². The van der Waals surface area contributed by atoms with Crippen LogP contribution in [0.2, 0.25) is 12.6 Å². The third-order valence-corrected chi connectivity index (χ3v) is 2.79. The van der Waals surface area contributed by atoms with Crippen LogP contribution >= 0.6 is 0 Å². The third-order valence-electron chi connectivity index (χ3n) is 2.79. The van der Waals surface area contributed by atoms with Crippen molar-refractivity contribution >= 4 is 6.92 Å². The first kappa shape index (κ1) is 15.4. The zero-order valence-corrected chi connectivity index (χ0v) is 11.4. The first-order valence-corrected chi connectivity index (χ1v) is 6.05. The molecule has 0 aliphatic rings. The van der Waals surface area contributed by atoms with Crippen molar-refractivity contribution in [1.82, 2.24) is 0 Å². The Hall–Kier alpha value is -0.635. The Labute approximate surface area is 99.9 Å². The minimum atomic E-state index is -0.273. The molecule has 0 aromatic carbocycles. The summed E-state index contributed by atoms with van der Waals surface area (Å²) in [7, 11) is 1.40. The molecule has 16 heavy (non-hydrogen) atoms. The summed E-state index contributed by atoms with van der Waals surface area (Å²) in [6.07, 6.45) is 1.79. The van der Waals surface area contributed by atoms with E-state index >= 15 is 0 Å². The predicted molar refractivity (Wildman–Crippen MR) is 66.8 cm³/mol. The second-order valence-corrected chi connectivity index (χ2v) is 4.41. The van der Waals surface area contributed by atoms with Crippen LogP contribution in [0.4, 0.5) is 0 Å². The van der Waals surface area contributed by atoms with Crippen LogP contribution in [0.15, 0.2) is 11.5 Å². The molecule has 3 nitrogen and oxygen atoms in total. The minimum Gasteiger partial charge on any atom is -0.466 e. The van der Waals surface area contributed by atoms with Gasteiger partial charge in [-0.15, -0.1) is 0 Å². The van der Waals surface area contributed by atoms with Gasteiger partial charge >= 0.3 is 5.95 Å². The van der Waals surface area contributed by atoms with Gasteiger partial charge in [0.15, 0.2) is 0 Å². The van der Waals surface area contributed by atoms with Crippen molar-refractivity contribution in [3.05, 3.63) is 11.5 Å². The number of ether oxygens (including phenoxy) is 1. The lowest BCUT2D eigenvalue weighted by atomic mass is 9.62. The van der Waals surface area contributed by atoms with Crippen LogP contribution in [0.25, 0.3) is 0 Å². The van der Waals surface area contributed by atoms with Crippen molar-refractivity contribution in [2.45, 2.75) is 53.4 Å². The smallest absolute Gasteiger partial charge is 0.331 e. The molecule has 1 atom stereocenters. The van der Waals surface area contributed by atoms with Gasteiger partial charge in [-0.1, -0.05) is 40.3 Å². The monoisotopic (exact) mass is 227 g/mol. The second kappa shape index (κ2) is 7.61. The Morgan fingerprint density at radius 1 is 1.25 bits per heavy atom. The van der Waals surface area contributed by atoms with E-state index in [-0.39, 0.29) is 24.9 Å². The summed E-state index contributed by atoms with van der Waals surface area (Å²) in [4.78, 5) is 0. The molecule has 0 unspecified atom stereocenters. The SMILES string of the molecule is CCB(CC)O[C@@H](C(C)=C([O])OC)C(C)C. The molecule has 0 fully saturated rings. The van der Waals surface area contributed by atoms with E-state index in [1.54, 1.807) is 6.92 Å². The van der Waals surface area contributed by atoms with Crippen LogP contribution < -0.4 is 0 Å². The van der Waals surface area contributed by atoms with Gasteiger partial charge in [0.2, 0.25) is 0 Å². The fraction of sp³-hybridized carbons (Fsp3) is 0.833. The number of hydrogen-bond acceptors (Lipinski definition) is 2. The van der Waals surface area contributed by atoms with E-state index in [0.717, 1.165) is 12.6 Å². The summed E-state index contributed by atoms with van der Waals surface area (Å²) < 4.78 is 10.7. The highest BCUT2D eigenvalue weighted by Gasteiger charge is 2.25. The van der Waals surface area contributed by atoms with E-state index in [9.17, 15) is 5.11 Å². The lowest BCUT2D eigenvalue weighted by Crippen LogP contribution is -2.30. The van der Waals surface area contributed by atoms with Crippen molar-refractivity contribution in [3.63, 3.8) is 0 Å². The van der Waals surface area contributed by atoms with Gasteiger partial charge in [0, 0.05) is 5.57 Å².